The Morgan fingerprint density at radius 2 is 1.15 bits per heavy atom. The molecule has 0 aliphatic heterocycles. The van der Waals surface area contributed by atoms with Gasteiger partial charge in [-0.2, -0.15) is 8.78 Å². The van der Waals surface area contributed by atoms with Gasteiger partial charge in [0.05, 0.1) is 11.8 Å². The van der Waals surface area contributed by atoms with Crippen LogP contribution in [-0.2, 0) is 9.59 Å². The van der Waals surface area contributed by atoms with Crippen molar-refractivity contribution in [2.75, 3.05) is 0 Å². The molecular weight excluding hydrogens is 765 g/mol. The average molecular weight is 799 g/mol. The number of nitrogens with two attached hydrogens (primary N) is 2. The van der Waals surface area contributed by atoms with Crippen LogP contribution < -0.4 is 16.9 Å². The van der Waals surface area contributed by atoms with Crippen LogP contribution in [0.5, 0.6) is 0 Å². The van der Waals surface area contributed by atoms with Crippen LogP contribution >= 0.6 is 15.9 Å². The number of aromatic nitrogens is 8. The molecule has 0 atom stereocenters. The number of primary amides is 2. The average Bonchev–Trinajstić information content (AvgIpc) is 3.78. The highest BCUT2D eigenvalue weighted by Crippen LogP contribution is 2.21. The van der Waals surface area contributed by atoms with E-state index < -0.39 is 30.8 Å². The largest absolute Gasteiger partial charge is 0.490 e. The van der Waals surface area contributed by atoms with Gasteiger partial charge >= 0.3 is 7.12 Å². The molecule has 2 aromatic carbocycles. The first kappa shape index (κ1) is 40.5. The molecule has 6 aromatic rings. The van der Waals surface area contributed by atoms with Gasteiger partial charge in [0.15, 0.2) is 11.6 Å². The minimum absolute atomic E-state index is 0.157. The van der Waals surface area contributed by atoms with Crippen LogP contribution in [0.1, 0.15) is 27.8 Å². The summed E-state index contributed by atoms with van der Waals surface area (Å²) in [6.45, 7) is 8.05. The van der Waals surface area contributed by atoms with Crippen LogP contribution in [0.2, 0.25) is 0 Å². The van der Waals surface area contributed by atoms with Gasteiger partial charge in [-0.05, 0) is 86.1 Å². The molecule has 0 aliphatic carbocycles. The van der Waals surface area contributed by atoms with Crippen molar-refractivity contribution >= 4 is 58.3 Å². The normalized spacial score (nSPS) is 11.2. The first-order chi connectivity index (χ1) is 25.6. The second-order valence-corrected chi connectivity index (χ2v) is 12.6. The molecule has 0 unspecified atom stereocenters. The van der Waals surface area contributed by atoms with E-state index in [1.807, 2.05) is 52.0 Å². The lowest BCUT2D eigenvalue weighted by Crippen LogP contribution is -2.30. The van der Waals surface area contributed by atoms with Crippen molar-refractivity contribution in [2.45, 2.75) is 27.7 Å². The molecule has 0 bridgehead atoms. The summed E-state index contributed by atoms with van der Waals surface area (Å²) in [5.41, 5.74) is 17.6. The number of rotatable bonds is 8. The van der Waals surface area contributed by atoms with Crippen molar-refractivity contribution in [2.24, 2.45) is 11.5 Å². The van der Waals surface area contributed by atoms with Gasteiger partial charge in [-0.1, -0.05) is 40.5 Å². The van der Waals surface area contributed by atoms with Gasteiger partial charge in [0.2, 0.25) is 11.9 Å². The summed E-state index contributed by atoms with van der Waals surface area (Å²) in [7, 11) is -1.58. The standard InChI is InChI=1S/C18H16FN5O.C13H13BrN4O.C5H5BFNO2/c1-11-5-12(2)7-14(6-11)18-22-10-24(23-18)9-15(17(20)25)13-3-4-16(19)21-8-13;1-8-3-9(2)5-10(4-8)13-16-7-18(17-13)6-11(14)12(15)19;7-5-2-1-4(3-8-5)6(9)10/h3-10H,1-2H3,(H2,20,25);3-7H,1-2H3,(H2,15,19);1-3,9-10H/b15-9-;11-6+;. The van der Waals surface area contributed by atoms with Crippen molar-refractivity contribution in [3.63, 3.8) is 0 Å². The summed E-state index contributed by atoms with van der Waals surface area (Å²) in [4.78, 5) is 37.9. The molecule has 0 spiro atoms. The fraction of sp³-hybridized carbons (Fsp3) is 0.111. The van der Waals surface area contributed by atoms with Crippen LogP contribution in [0, 0.1) is 39.6 Å². The van der Waals surface area contributed by atoms with Crippen molar-refractivity contribution in [1.29, 1.82) is 0 Å². The van der Waals surface area contributed by atoms with Gasteiger partial charge in [0.1, 0.15) is 17.1 Å². The third-order valence-electron chi connectivity index (χ3n) is 7.07. The van der Waals surface area contributed by atoms with Crippen LogP contribution in [0.15, 0.2) is 90.2 Å². The topological polar surface area (TPSA) is 214 Å². The summed E-state index contributed by atoms with van der Waals surface area (Å²) in [6, 6.07) is 17.1. The predicted molar refractivity (Wildman–Crippen MR) is 204 cm³/mol. The van der Waals surface area contributed by atoms with Gasteiger partial charge in [0, 0.05) is 40.7 Å². The minimum atomic E-state index is -1.58. The Kier molecular flexibility index (Phi) is 13.9. The number of hydrogen-bond donors (Lipinski definition) is 4. The molecule has 6 N–H and O–H groups in total. The lowest BCUT2D eigenvalue weighted by Gasteiger charge is -2.03. The van der Waals surface area contributed by atoms with E-state index >= 15 is 0 Å². The zero-order valence-corrected chi connectivity index (χ0v) is 31.0. The number of pyridine rings is 2. The van der Waals surface area contributed by atoms with E-state index in [0.29, 0.717) is 17.2 Å². The van der Waals surface area contributed by atoms with E-state index in [1.165, 1.54) is 52.7 Å². The number of carbonyl (C=O) groups is 2. The molecule has 2 amide bonds. The van der Waals surface area contributed by atoms with E-state index in [9.17, 15) is 18.4 Å². The molecule has 0 aliphatic rings. The van der Waals surface area contributed by atoms with Gasteiger partial charge in [-0.3, -0.25) is 9.59 Å². The van der Waals surface area contributed by atoms with Crippen molar-refractivity contribution in [3.05, 3.63) is 130 Å². The smallest absolute Gasteiger partial charge is 0.423 e. The zero-order chi connectivity index (χ0) is 39.5. The van der Waals surface area contributed by atoms with Crippen LogP contribution in [0.3, 0.4) is 0 Å². The maximum atomic E-state index is 13.0. The lowest BCUT2D eigenvalue weighted by molar-refractivity contribution is -0.114. The SMILES string of the molecule is Cc1cc(C)cc(-c2ncn(/C=C(/Br)C(N)=O)n2)c1.Cc1cc(C)cc(-c2ncn(/C=C(\C(N)=O)c3ccc(F)nc3)n2)c1.OB(O)c1ccc(F)nc1. The Labute approximate surface area is 317 Å². The van der Waals surface area contributed by atoms with Crippen molar-refractivity contribution < 1.29 is 28.4 Å². The first-order valence-corrected chi connectivity index (χ1v) is 16.6. The Hall–Kier alpha value is -6.24. The van der Waals surface area contributed by atoms with Crippen LogP contribution in [0.4, 0.5) is 8.78 Å². The third-order valence-corrected chi connectivity index (χ3v) is 7.67. The number of aryl methyl sites for hydroxylation is 4. The minimum Gasteiger partial charge on any atom is -0.423 e. The summed E-state index contributed by atoms with van der Waals surface area (Å²) >= 11 is 3.07. The van der Waals surface area contributed by atoms with Gasteiger partial charge in [-0.15, -0.1) is 10.2 Å². The molecule has 6 rings (SSSR count). The van der Waals surface area contributed by atoms with Gasteiger partial charge in [-0.25, -0.2) is 29.3 Å². The fourth-order valence-electron chi connectivity index (χ4n) is 4.81. The first-order valence-electron chi connectivity index (χ1n) is 15.9. The maximum Gasteiger partial charge on any atom is 0.490 e. The van der Waals surface area contributed by atoms with E-state index in [4.69, 9.17) is 21.5 Å². The second-order valence-electron chi connectivity index (χ2n) is 11.8. The highest BCUT2D eigenvalue weighted by molar-refractivity contribution is 9.12. The van der Waals surface area contributed by atoms with Crippen LogP contribution in [0.25, 0.3) is 40.7 Å². The molecular formula is C36H34BBrF2N10O4. The molecule has 0 radical (unpaired) electrons. The molecule has 54 heavy (non-hydrogen) atoms. The van der Waals surface area contributed by atoms with E-state index in [1.54, 1.807) is 0 Å². The van der Waals surface area contributed by atoms with E-state index in [2.05, 4.69) is 58.2 Å². The lowest BCUT2D eigenvalue weighted by atomic mass is 9.82. The Morgan fingerprint density at radius 1 is 0.685 bits per heavy atom. The molecule has 4 heterocycles. The predicted octanol–water partition coefficient (Wildman–Crippen LogP) is 3.72. The Bertz CT molecular complexity index is 2270. The second kappa shape index (κ2) is 18.5. The third kappa shape index (κ3) is 11.9. The summed E-state index contributed by atoms with van der Waals surface area (Å²) in [5, 5.41) is 25.6. The van der Waals surface area contributed by atoms with E-state index in [-0.39, 0.29) is 15.5 Å². The highest BCUT2D eigenvalue weighted by atomic mass is 79.9. The molecule has 18 heteroatoms. The number of hydrogen-bond acceptors (Lipinski definition) is 10. The number of benzene rings is 2. The molecule has 0 fully saturated rings. The monoisotopic (exact) mass is 798 g/mol. The number of nitrogens with zero attached hydrogens (tertiary/aromatic N) is 8. The molecule has 0 saturated carbocycles. The molecule has 276 valence electrons. The fourth-order valence-corrected chi connectivity index (χ4v) is 5.02. The highest BCUT2D eigenvalue weighted by Gasteiger charge is 2.12. The zero-order valence-electron chi connectivity index (χ0n) is 29.4. The summed E-state index contributed by atoms with van der Waals surface area (Å²) < 4.78 is 28.1. The van der Waals surface area contributed by atoms with Crippen LogP contribution in [-0.4, -0.2) is 68.5 Å². The maximum absolute atomic E-state index is 13.0. The number of halogens is 3. The van der Waals surface area contributed by atoms with Gasteiger partial charge < -0.3 is 21.5 Å². The summed E-state index contributed by atoms with van der Waals surface area (Å²) in [5.74, 6) is -1.35. The summed E-state index contributed by atoms with van der Waals surface area (Å²) in [6.07, 6.45) is 8.23. The van der Waals surface area contributed by atoms with Crippen molar-refractivity contribution in [1.82, 2.24) is 39.5 Å². The number of carbonyl (C=O) groups excluding carboxylic acids is 2. The molecule has 14 nitrogen and oxygen atoms in total. The number of amides is 2. The van der Waals surface area contributed by atoms with Gasteiger partial charge in [0.25, 0.3) is 11.8 Å². The molecule has 4 aromatic heterocycles. The van der Waals surface area contributed by atoms with Crippen molar-refractivity contribution in [3.8, 4) is 22.8 Å². The quantitative estimate of drug-likeness (QED) is 0.0995. The molecule has 0 saturated heterocycles. The van der Waals surface area contributed by atoms with E-state index in [0.717, 1.165) is 51.7 Å². The Balaban J connectivity index is 0.000000197. The Morgan fingerprint density at radius 3 is 1.54 bits per heavy atom.